The van der Waals surface area contributed by atoms with E-state index in [0.29, 0.717) is 19.6 Å². The summed E-state index contributed by atoms with van der Waals surface area (Å²) in [6, 6.07) is 0. The molecule has 0 aromatic rings. The molecule has 0 aromatic heterocycles. The lowest BCUT2D eigenvalue weighted by molar-refractivity contribution is 0.0250. The fourth-order valence-electron chi connectivity index (χ4n) is 2.42. The molecular formula is C13H28FNO. The lowest BCUT2D eigenvalue weighted by atomic mass is 9.91. The summed E-state index contributed by atoms with van der Waals surface area (Å²) in [4.78, 5) is 2.14. The largest absolute Gasteiger partial charge is 0.380 e. The van der Waals surface area contributed by atoms with E-state index in [4.69, 9.17) is 4.74 Å². The Kier molecular flexibility index (Phi) is 7.94. The van der Waals surface area contributed by atoms with Gasteiger partial charge in [-0.15, -0.1) is 0 Å². The third-order valence-electron chi connectivity index (χ3n) is 3.17. The fraction of sp³-hybridized carbons (Fsp3) is 1.00. The second-order valence-electron chi connectivity index (χ2n) is 4.29. The number of likely N-dealkylation sites (tertiary alicyclic amines) is 1. The first-order chi connectivity index (χ1) is 7.64. The van der Waals surface area contributed by atoms with E-state index in [1.165, 1.54) is 0 Å². The van der Waals surface area contributed by atoms with Crippen molar-refractivity contribution < 1.29 is 9.13 Å². The number of hydrogen-bond acceptors (Lipinski definition) is 2. The smallest absolute Gasteiger partial charge is 0.115 e. The van der Waals surface area contributed by atoms with Crippen molar-refractivity contribution in [2.75, 3.05) is 26.8 Å². The van der Waals surface area contributed by atoms with Gasteiger partial charge in [0.2, 0.25) is 0 Å². The monoisotopic (exact) mass is 233 g/mol. The highest BCUT2D eigenvalue weighted by Crippen LogP contribution is 2.34. The van der Waals surface area contributed by atoms with Crippen molar-refractivity contribution in [1.82, 2.24) is 4.90 Å². The summed E-state index contributed by atoms with van der Waals surface area (Å²) in [6.45, 7) is 10.1. The van der Waals surface area contributed by atoms with Crippen molar-refractivity contribution in [3.05, 3.63) is 0 Å². The third-order valence-corrected chi connectivity index (χ3v) is 3.17. The van der Waals surface area contributed by atoms with Gasteiger partial charge >= 0.3 is 0 Å². The molecule has 3 heteroatoms. The maximum Gasteiger partial charge on any atom is 0.115 e. The standard InChI is InChI=1S/C11H22FNO.C2H6/c1-4-6-11(9-14-5-2)7-10(12)8-13(11)3;1-2/h10H,4-9H2,1-3H3;1-2H3. The number of ether oxygens (including phenoxy) is 1. The number of halogens is 1. The van der Waals surface area contributed by atoms with Crippen molar-refractivity contribution in [3.8, 4) is 0 Å². The Labute approximate surface area is 100 Å². The summed E-state index contributed by atoms with van der Waals surface area (Å²) < 4.78 is 18.8. The van der Waals surface area contributed by atoms with Crippen LogP contribution in [0.2, 0.25) is 0 Å². The van der Waals surface area contributed by atoms with E-state index in [0.717, 1.165) is 19.4 Å². The highest BCUT2D eigenvalue weighted by molar-refractivity contribution is 4.98. The molecular weight excluding hydrogens is 205 g/mol. The van der Waals surface area contributed by atoms with Gasteiger partial charge in [0.1, 0.15) is 6.17 Å². The molecule has 0 bridgehead atoms. The van der Waals surface area contributed by atoms with Crippen LogP contribution in [0.4, 0.5) is 4.39 Å². The number of nitrogens with zero attached hydrogens (tertiary/aromatic N) is 1. The number of rotatable bonds is 5. The molecule has 0 saturated carbocycles. The van der Waals surface area contributed by atoms with Crippen molar-refractivity contribution in [2.24, 2.45) is 0 Å². The Morgan fingerprint density at radius 3 is 2.38 bits per heavy atom. The normalized spacial score (nSPS) is 30.0. The minimum atomic E-state index is -0.674. The minimum Gasteiger partial charge on any atom is -0.380 e. The second-order valence-corrected chi connectivity index (χ2v) is 4.29. The lowest BCUT2D eigenvalue weighted by Gasteiger charge is -2.35. The van der Waals surface area contributed by atoms with Crippen LogP contribution in [0.1, 0.15) is 47.0 Å². The summed E-state index contributed by atoms with van der Waals surface area (Å²) >= 11 is 0. The zero-order valence-corrected chi connectivity index (χ0v) is 11.6. The predicted octanol–water partition coefficient (Wildman–Crippen LogP) is 3.26. The summed E-state index contributed by atoms with van der Waals surface area (Å²) in [5.41, 5.74) is -0.0375. The maximum atomic E-state index is 13.3. The Morgan fingerprint density at radius 1 is 1.38 bits per heavy atom. The Morgan fingerprint density at radius 2 is 2.00 bits per heavy atom. The molecule has 0 radical (unpaired) electrons. The van der Waals surface area contributed by atoms with Crippen LogP contribution < -0.4 is 0 Å². The molecule has 1 aliphatic heterocycles. The molecule has 1 heterocycles. The van der Waals surface area contributed by atoms with Crippen LogP contribution in [0.25, 0.3) is 0 Å². The van der Waals surface area contributed by atoms with E-state index in [2.05, 4.69) is 11.8 Å². The lowest BCUT2D eigenvalue weighted by Crippen LogP contribution is -2.45. The van der Waals surface area contributed by atoms with Gasteiger partial charge in [-0.05, 0) is 20.4 Å². The van der Waals surface area contributed by atoms with Crippen molar-refractivity contribution in [2.45, 2.75) is 58.7 Å². The van der Waals surface area contributed by atoms with E-state index < -0.39 is 6.17 Å². The molecule has 0 N–H and O–H groups in total. The first kappa shape index (κ1) is 15.9. The highest BCUT2D eigenvalue weighted by atomic mass is 19.1. The number of alkyl halides is 1. The first-order valence-electron chi connectivity index (χ1n) is 6.57. The summed E-state index contributed by atoms with van der Waals surface area (Å²) in [5.74, 6) is 0. The number of hydrogen-bond donors (Lipinski definition) is 0. The predicted molar refractivity (Wildman–Crippen MR) is 67.6 cm³/mol. The van der Waals surface area contributed by atoms with Gasteiger partial charge in [-0.1, -0.05) is 27.2 Å². The van der Waals surface area contributed by atoms with Crippen LogP contribution in [-0.4, -0.2) is 43.4 Å². The maximum absolute atomic E-state index is 13.3. The van der Waals surface area contributed by atoms with Crippen LogP contribution in [-0.2, 0) is 4.74 Å². The quantitative estimate of drug-likeness (QED) is 0.722. The molecule has 1 fully saturated rings. The SMILES string of the molecule is CC.CCCC1(COCC)CC(F)CN1C. The molecule has 1 saturated heterocycles. The molecule has 0 aliphatic carbocycles. The fourth-order valence-corrected chi connectivity index (χ4v) is 2.42. The second kappa shape index (κ2) is 8.02. The van der Waals surface area contributed by atoms with Gasteiger partial charge in [-0.2, -0.15) is 0 Å². The van der Waals surface area contributed by atoms with Gasteiger partial charge in [0.25, 0.3) is 0 Å². The first-order valence-corrected chi connectivity index (χ1v) is 6.57. The van der Waals surface area contributed by atoms with Gasteiger partial charge in [-0.25, -0.2) is 4.39 Å². The molecule has 2 atom stereocenters. The molecule has 98 valence electrons. The van der Waals surface area contributed by atoms with Gasteiger partial charge in [0, 0.05) is 25.1 Å². The Bertz CT molecular complexity index is 177. The van der Waals surface area contributed by atoms with E-state index in [9.17, 15) is 4.39 Å². The zero-order valence-electron chi connectivity index (χ0n) is 11.6. The van der Waals surface area contributed by atoms with Gasteiger partial charge in [0.05, 0.1) is 6.61 Å². The average Bonchev–Trinajstić information content (AvgIpc) is 2.55. The summed E-state index contributed by atoms with van der Waals surface area (Å²) in [5, 5.41) is 0. The van der Waals surface area contributed by atoms with Crippen molar-refractivity contribution >= 4 is 0 Å². The molecule has 16 heavy (non-hydrogen) atoms. The molecule has 1 aliphatic rings. The van der Waals surface area contributed by atoms with Crippen LogP contribution in [0, 0.1) is 0 Å². The van der Waals surface area contributed by atoms with E-state index >= 15 is 0 Å². The molecule has 2 unspecified atom stereocenters. The van der Waals surface area contributed by atoms with Crippen molar-refractivity contribution in [1.29, 1.82) is 0 Å². The minimum absolute atomic E-state index is 0.0375. The van der Waals surface area contributed by atoms with Crippen LogP contribution in [0.3, 0.4) is 0 Å². The van der Waals surface area contributed by atoms with E-state index in [1.807, 2.05) is 27.8 Å². The van der Waals surface area contributed by atoms with Crippen molar-refractivity contribution in [3.63, 3.8) is 0 Å². The summed E-state index contributed by atoms with van der Waals surface area (Å²) in [6.07, 6.45) is 2.08. The molecule has 0 aromatic carbocycles. The van der Waals surface area contributed by atoms with Gasteiger partial charge < -0.3 is 4.74 Å². The number of likely N-dealkylation sites (N-methyl/N-ethyl adjacent to an activating group) is 1. The average molecular weight is 233 g/mol. The summed E-state index contributed by atoms with van der Waals surface area (Å²) in [7, 11) is 2.01. The van der Waals surface area contributed by atoms with E-state index in [1.54, 1.807) is 0 Å². The van der Waals surface area contributed by atoms with Gasteiger partial charge in [-0.3, -0.25) is 4.90 Å². The molecule has 2 nitrogen and oxygen atoms in total. The zero-order chi connectivity index (χ0) is 12.6. The van der Waals surface area contributed by atoms with Crippen LogP contribution in [0.15, 0.2) is 0 Å². The third kappa shape index (κ3) is 4.02. The Balaban J connectivity index is 0.00000106. The van der Waals surface area contributed by atoms with E-state index in [-0.39, 0.29) is 5.54 Å². The molecule has 1 rings (SSSR count). The van der Waals surface area contributed by atoms with Crippen LogP contribution in [0.5, 0.6) is 0 Å². The molecule has 0 spiro atoms. The van der Waals surface area contributed by atoms with Gasteiger partial charge in [0.15, 0.2) is 0 Å². The molecule has 0 amide bonds. The Hall–Kier alpha value is -0.150. The highest BCUT2D eigenvalue weighted by Gasteiger charge is 2.43. The topological polar surface area (TPSA) is 12.5 Å². The van der Waals surface area contributed by atoms with Crippen LogP contribution >= 0.6 is 0 Å².